The zero-order valence-electron chi connectivity index (χ0n) is 19.5. The first-order chi connectivity index (χ1) is 16.1. The van der Waals surface area contributed by atoms with Crippen LogP contribution in [0.15, 0.2) is 54.6 Å². The lowest BCUT2D eigenvalue weighted by atomic mass is 9.89. The third-order valence-electron chi connectivity index (χ3n) is 6.57. The number of hydrogen-bond acceptors (Lipinski definition) is 3. The fraction of sp³-hybridized carbons (Fsp3) is 0.444. The van der Waals surface area contributed by atoms with Crippen molar-refractivity contribution in [3.8, 4) is 0 Å². The minimum atomic E-state index is 0.0499. The minimum Gasteiger partial charge on any atom is -0.356 e. The summed E-state index contributed by atoms with van der Waals surface area (Å²) in [6.07, 6.45) is 7.12. The lowest BCUT2D eigenvalue weighted by molar-refractivity contribution is -0.131. The van der Waals surface area contributed by atoms with Crippen LogP contribution in [0, 0.1) is 5.92 Å². The molecule has 174 valence electrons. The fourth-order valence-electron chi connectivity index (χ4n) is 4.66. The normalized spacial score (nSPS) is 14.3. The summed E-state index contributed by atoms with van der Waals surface area (Å²) >= 11 is 0. The molecule has 0 atom stereocenters. The Morgan fingerprint density at radius 2 is 1.76 bits per heavy atom. The molecular weight excluding hydrogens is 412 g/mol. The maximum Gasteiger partial charge on any atom is 0.242 e. The second-order valence-electron chi connectivity index (χ2n) is 9.07. The van der Waals surface area contributed by atoms with Crippen LogP contribution in [-0.4, -0.2) is 39.9 Å². The average Bonchev–Trinajstić information content (AvgIpc) is 3.20. The van der Waals surface area contributed by atoms with E-state index in [2.05, 4.69) is 5.32 Å². The summed E-state index contributed by atoms with van der Waals surface area (Å²) in [5.41, 5.74) is 2.98. The molecule has 2 aromatic carbocycles. The van der Waals surface area contributed by atoms with Crippen molar-refractivity contribution in [1.82, 2.24) is 19.8 Å². The summed E-state index contributed by atoms with van der Waals surface area (Å²) in [5.74, 6) is 1.32. The first kappa shape index (κ1) is 23.0. The van der Waals surface area contributed by atoms with Gasteiger partial charge >= 0.3 is 0 Å². The Labute approximate surface area is 196 Å². The summed E-state index contributed by atoms with van der Waals surface area (Å²) in [4.78, 5) is 32.0. The number of nitrogens with zero attached hydrogens (tertiary/aromatic N) is 3. The van der Waals surface area contributed by atoms with E-state index in [0.717, 1.165) is 60.9 Å². The number of benzene rings is 2. The summed E-state index contributed by atoms with van der Waals surface area (Å²) in [5, 5.41) is 3.11. The van der Waals surface area contributed by atoms with Crippen LogP contribution < -0.4 is 5.32 Å². The number of para-hydroxylation sites is 2. The highest BCUT2D eigenvalue weighted by molar-refractivity contribution is 5.81. The predicted octanol–water partition coefficient (Wildman–Crippen LogP) is 4.32. The van der Waals surface area contributed by atoms with E-state index in [1.807, 2.05) is 66.2 Å². The Morgan fingerprint density at radius 1 is 1.03 bits per heavy atom. The van der Waals surface area contributed by atoms with Gasteiger partial charge in [-0.15, -0.1) is 0 Å². The monoisotopic (exact) mass is 446 g/mol. The molecule has 2 amide bonds. The van der Waals surface area contributed by atoms with Crippen molar-refractivity contribution in [3.05, 3.63) is 66.0 Å². The van der Waals surface area contributed by atoms with Gasteiger partial charge in [0.2, 0.25) is 11.8 Å². The second kappa shape index (κ2) is 11.1. The number of amides is 2. The number of nitrogens with one attached hydrogen (secondary N) is 1. The maximum absolute atomic E-state index is 13.0. The molecule has 4 rings (SSSR count). The molecule has 0 saturated heterocycles. The van der Waals surface area contributed by atoms with Gasteiger partial charge in [-0.25, -0.2) is 4.98 Å². The molecule has 1 aliphatic rings. The summed E-state index contributed by atoms with van der Waals surface area (Å²) in [6.45, 7) is 1.48. The van der Waals surface area contributed by atoms with E-state index in [-0.39, 0.29) is 24.3 Å². The quantitative estimate of drug-likeness (QED) is 0.498. The summed E-state index contributed by atoms with van der Waals surface area (Å²) in [6, 6.07) is 18.0. The third kappa shape index (κ3) is 6.01. The van der Waals surface area contributed by atoms with E-state index in [1.54, 1.807) is 4.90 Å². The first-order valence-electron chi connectivity index (χ1n) is 12.1. The van der Waals surface area contributed by atoms with Crippen LogP contribution in [0.3, 0.4) is 0 Å². The van der Waals surface area contributed by atoms with Crippen molar-refractivity contribution < 1.29 is 9.59 Å². The van der Waals surface area contributed by atoms with Crippen LogP contribution in [0.25, 0.3) is 11.0 Å². The molecule has 1 N–H and O–H groups in total. The Balaban J connectivity index is 1.38. The second-order valence-corrected chi connectivity index (χ2v) is 9.07. The van der Waals surface area contributed by atoms with Crippen LogP contribution in [-0.2, 0) is 29.1 Å². The Bertz CT molecular complexity index is 1070. The SMILES string of the molecule is CN(Cc1ccccc1)C(=O)Cn1c(CCCNC(=O)C2CCCCC2)nc2ccccc21. The number of aryl methyl sites for hydroxylation is 1. The number of carbonyl (C=O) groups is 2. The number of imidazole rings is 1. The van der Waals surface area contributed by atoms with Gasteiger partial charge in [-0.2, -0.15) is 0 Å². The standard InChI is InChI=1S/C27H34N4O2/c1-30(19-21-11-4-2-5-12-21)26(32)20-31-24-16-9-8-15-23(24)29-25(31)17-10-18-28-27(33)22-13-6-3-7-14-22/h2,4-5,8-9,11-12,15-16,22H,3,6-7,10,13-14,17-20H2,1H3,(H,28,33). The molecule has 1 fully saturated rings. The van der Waals surface area contributed by atoms with Gasteiger partial charge in [-0.1, -0.05) is 61.7 Å². The highest BCUT2D eigenvalue weighted by Crippen LogP contribution is 2.23. The smallest absolute Gasteiger partial charge is 0.242 e. The number of hydrogen-bond donors (Lipinski definition) is 1. The van der Waals surface area contributed by atoms with Gasteiger partial charge in [0.25, 0.3) is 0 Å². The third-order valence-corrected chi connectivity index (χ3v) is 6.57. The van der Waals surface area contributed by atoms with Gasteiger partial charge in [0.05, 0.1) is 11.0 Å². The summed E-state index contributed by atoms with van der Waals surface area (Å²) < 4.78 is 2.03. The Kier molecular flexibility index (Phi) is 7.76. The molecule has 1 saturated carbocycles. The number of fused-ring (bicyclic) bond motifs is 1. The molecule has 6 nitrogen and oxygen atoms in total. The maximum atomic E-state index is 13.0. The van der Waals surface area contributed by atoms with E-state index in [0.29, 0.717) is 13.1 Å². The zero-order valence-corrected chi connectivity index (χ0v) is 19.5. The number of carbonyl (C=O) groups excluding carboxylic acids is 2. The van der Waals surface area contributed by atoms with Gasteiger partial charge in [0, 0.05) is 32.5 Å². The molecule has 6 heteroatoms. The number of likely N-dealkylation sites (N-methyl/N-ethyl adjacent to an activating group) is 1. The van der Waals surface area contributed by atoms with E-state index in [4.69, 9.17) is 4.98 Å². The van der Waals surface area contributed by atoms with Crippen LogP contribution >= 0.6 is 0 Å². The van der Waals surface area contributed by atoms with Gasteiger partial charge in [-0.3, -0.25) is 9.59 Å². The molecule has 1 aliphatic carbocycles. The lowest BCUT2D eigenvalue weighted by Gasteiger charge is -2.20. The highest BCUT2D eigenvalue weighted by Gasteiger charge is 2.21. The minimum absolute atomic E-state index is 0.0499. The number of aromatic nitrogens is 2. The van der Waals surface area contributed by atoms with Crippen molar-refractivity contribution in [2.24, 2.45) is 5.92 Å². The average molecular weight is 447 g/mol. The van der Waals surface area contributed by atoms with E-state index in [9.17, 15) is 9.59 Å². The van der Waals surface area contributed by atoms with Crippen molar-refractivity contribution in [3.63, 3.8) is 0 Å². The van der Waals surface area contributed by atoms with Crippen molar-refractivity contribution >= 4 is 22.8 Å². The van der Waals surface area contributed by atoms with E-state index in [1.165, 1.54) is 6.42 Å². The molecule has 33 heavy (non-hydrogen) atoms. The van der Waals surface area contributed by atoms with Crippen LogP contribution in [0.4, 0.5) is 0 Å². The zero-order chi connectivity index (χ0) is 23.0. The Hall–Kier alpha value is -3.15. The molecule has 1 aromatic heterocycles. The van der Waals surface area contributed by atoms with Crippen molar-refractivity contribution in [1.29, 1.82) is 0 Å². The molecule has 0 aliphatic heterocycles. The lowest BCUT2D eigenvalue weighted by Crippen LogP contribution is -2.33. The van der Waals surface area contributed by atoms with E-state index >= 15 is 0 Å². The van der Waals surface area contributed by atoms with Gasteiger partial charge < -0.3 is 14.8 Å². The highest BCUT2D eigenvalue weighted by atomic mass is 16.2. The predicted molar refractivity (Wildman–Crippen MR) is 131 cm³/mol. The van der Waals surface area contributed by atoms with Crippen molar-refractivity contribution in [2.45, 2.75) is 58.0 Å². The van der Waals surface area contributed by atoms with Crippen LogP contribution in [0.2, 0.25) is 0 Å². The van der Waals surface area contributed by atoms with Crippen molar-refractivity contribution in [2.75, 3.05) is 13.6 Å². The molecule has 1 heterocycles. The molecule has 0 spiro atoms. The van der Waals surface area contributed by atoms with Crippen LogP contribution in [0.1, 0.15) is 49.9 Å². The first-order valence-corrected chi connectivity index (χ1v) is 12.1. The Morgan fingerprint density at radius 3 is 2.55 bits per heavy atom. The van der Waals surface area contributed by atoms with Crippen LogP contribution in [0.5, 0.6) is 0 Å². The molecule has 0 unspecified atom stereocenters. The molecule has 0 bridgehead atoms. The summed E-state index contributed by atoms with van der Waals surface area (Å²) in [7, 11) is 1.84. The van der Waals surface area contributed by atoms with E-state index < -0.39 is 0 Å². The van der Waals surface area contributed by atoms with Gasteiger partial charge in [0.1, 0.15) is 12.4 Å². The largest absolute Gasteiger partial charge is 0.356 e. The topological polar surface area (TPSA) is 67.2 Å². The fourth-order valence-corrected chi connectivity index (χ4v) is 4.66. The van der Waals surface area contributed by atoms with Gasteiger partial charge in [-0.05, 0) is 37.0 Å². The van der Waals surface area contributed by atoms with Gasteiger partial charge in [0.15, 0.2) is 0 Å². The molecular formula is C27H34N4O2. The number of rotatable bonds is 9. The molecule has 0 radical (unpaired) electrons. The molecule has 3 aromatic rings.